The summed E-state index contributed by atoms with van der Waals surface area (Å²) >= 11 is 0. The lowest BCUT2D eigenvalue weighted by molar-refractivity contribution is 0.454. The van der Waals surface area contributed by atoms with Crippen molar-refractivity contribution in [2.45, 2.75) is 31.7 Å². The highest BCUT2D eigenvalue weighted by molar-refractivity contribution is 5.73. The molecule has 0 spiro atoms. The number of nitrogens with zero attached hydrogens (tertiary/aromatic N) is 2. The van der Waals surface area contributed by atoms with Crippen LogP contribution in [0, 0.1) is 0 Å². The molecule has 1 heterocycles. The van der Waals surface area contributed by atoms with Crippen LogP contribution in [0.2, 0.25) is 0 Å². The second-order valence-electron chi connectivity index (χ2n) is 2.88. The Balaban J connectivity index is 2.14. The van der Waals surface area contributed by atoms with Crippen LogP contribution < -0.4 is 5.43 Å². The molecule has 0 aromatic heterocycles. The fraction of sp³-hybridized carbons (Fsp3) is 0.625. The molecule has 2 rings (SSSR count). The van der Waals surface area contributed by atoms with Crippen molar-refractivity contribution >= 4 is 6.21 Å². The van der Waals surface area contributed by atoms with Crippen LogP contribution in [0.4, 0.5) is 0 Å². The van der Waals surface area contributed by atoms with E-state index in [1.807, 2.05) is 0 Å². The van der Waals surface area contributed by atoms with Gasteiger partial charge in [0.05, 0.1) is 6.04 Å². The zero-order valence-corrected chi connectivity index (χ0v) is 5.95. The molecule has 1 fully saturated rings. The van der Waals surface area contributed by atoms with Gasteiger partial charge in [-0.2, -0.15) is 10.5 Å². The molecule has 2 heteroatoms. The first-order valence-electron chi connectivity index (χ1n) is 3.89. The molecule has 0 aromatic carbocycles. The van der Waals surface area contributed by atoms with E-state index in [1.54, 1.807) is 6.21 Å². The first-order valence-corrected chi connectivity index (χ1v) is 3.89. The van der Waals surface area contributed by atoms with Gasteiger partial charge in [-0.3, -0.25) is 0 Å². The van der Waals surface area contributed by atoms with E-state index in [0.29, 0.717) is 6.04 Å². The van der Waals surface area contributed by atoms with Crippen molar-refractivity contribution in [1.82, 2.24) is 5.43 Å². The molecule has 0 N–H and O–H groups in total. The van der Waals surface area contributed by atoms with Crippen LogP contribution in [0.1, 0.15) is 25.7 Å². The second-order valence-corrected chi connectivity index (χ2v) is 2.88. The maximum atomic E-state index is 4.15. The lowest BCUT2D eigenvalue weighted by Crippen LogP contribution is -2.26. The molecule has 2 aliphatic rings. The molecule has 1 unspecified atom stereocenters. The van der Waals surface area contributed by atoms with Crippen molar-refractivity contribution in [2.24, 2.45) is 5.10 Å². The van der Waals surface area contributed by atoms with Gasteiger partial charge in [0.25, 0.3) is 0 Å². The standard InChI is InChI=1S/C8H11N2/c1-2-4-8-7(3-1)5-6-9-10-8/h5-6,8H,1-4H2. The number of allylic oxidation sites excluding steroid dienone is 1. The van der Waals surface area contributed by atoms with Gasteiger partial charge in [-0.25, -0.2) is 0 Å². The van der Waals surface area contributed by atoms with E-state index in [0.717, 1.165) is 0 Å². The SMILES string of the molecule is C1=N[N]C2CCCCC2=C1. The topological polar surface area (TPSA) is 26.5 Å². The average molecular weight is 135 g/mol. The fourth-order valence-corrected chi connectivity index (χ4v) is 1.59. The molecule has 1 aliphatic heterocycles. The molecule has 0 saturated heterocycles. The summed E-state index contributed by atoms with van der Waals surface area (Å²) in [6.07, 6.45) is 9.03. The third kappa shape index (κ3) is 0.939. The Bertz CT molecular complexity index is 182. The van der Waals surface area contributed by atoms with Crippen molar-refractivity contribution < 1.29 is 0 Å². The van der Waals surface area contributed by atoms with Gasteiger partial charge in [0, 0.05) is 6.21 Å². The highest BCUT2D eigenvalue weighted by Crippen LogP contribution is 2.24. The smallest absolute Gasteiger partial charge is 0.0925 e. The quantitative estimate of drug-likeness (QED) is 0.480. The largest absolute Gasteiger partial charge is 0.181 e. The fourth-order valence-electron chi connectivity index (χ4n) is 1.59. The summed E-state index contributed by atoms with van der Waals surface area (Å²) in [5.41, 5.74) is 5.64. The Kier molecular flexibility index (Phi) is 1.46. The molecule has 53 valence electrons. The normalized spacial score (nSPS) is 30.4. The summed E-state index contributed by atoms with van der Waals surface area (Å²) in [7, 11) is 0. The minimum absolute atomic E-state index is 0.443. The molecule has 1 atom stereocenters. The van der Waals surface area contributed by atoms with Gasteiger partial charge in [-0.05, 0) is 30.9 Å². The Morgan fingerprint density at radius 2 is 2.40 bits per heavy atom. The third-order valence-electron chi connectivity index (χ3n) is 2.18. The molecule has 0 amide bonds. The van der Waals surface area contributed by atoms with Crippen molar-refractivity contribution in [3.63, 3.8) is 0 Å². The van der Waals surface area contributed by atoms with Crippen molar-refractivity contribution in [3.05, 3.63) is 11.6 Å². The zero-order valence-electron chi connectivity index (χ0n) is 5.95. The molecular formula is C8H11N2. The van der Waals surface area contributed by atoms with Gasteiger partial charge >= 0.3 is 0 Å². The van der Waals surface area contributed by atoms with Crippen molar-refractivity contribution in [1.29, 1.82) is 0 Å². The number of hydrogen-bond acceptors (Lipinski definition) is 1. The summed E-state index contributed by atoms with van der Waals surface area (Å²) in [6, 6.07) is 0.443. The highest BCUT2D eigenvalue weighted by Gasteiger charge is 2.20. The number of fused-ring (bicyclic) bond motifs is 1. The van der Waals surface area contributed by atoms with E-state index in [2.05, 4.69) is 16.6 Å². The summed E-state index contributed by atoms with van der Waals surface area (Å²) in [4.78, 5) is 0. The average Bonchev–Trinajstić information content (AvgIpc) is 2.05. The first kappa shape index (κ1) is 5.96. The van der Waals surface area contributed by atoms with E-state index in [9.17, 15) is 0 Å². The second kappa shape index (κ2) is 2.45. The van der Waals surface area contributed by atoms with Gasteiger partial charge in [-0.15, -0.1) is 0 Å². The number of rotatable bonds is 0. The zero-order chi connectivity index (χ0) is 6.81. The van der Waals surface area contributed by atoms with Crippen LogP contribution in [0.15, 0.2) is 16.8 Å². The van der Waals surface area contributed by atoms with E-state index in [1.165, 1.54) is 31.3 Å². The molecule has 1 aliphatic carbocycles. The summed E-state index contributed by atoms with van der Waals surface area (Å²) in [5, 5.41) is 3.89. The predicted octanol–water partition coefficient (Wildman–Crippen LogP) is 1.46. The lowest BCUT2D eigenvalue weighted by Gasteiger charge is -2.24. The molecular weight excluding hydrogens is 124 g/mol. The van der Waals surface area contributed by atoms with Crippen molar-refractivity contribution in [3.8, 4) is 0 Å². The number of hydrogen-bond donors (Lipinski definition) is 0. The van der Waals surface area contributed by atoms with E-state index in [4.69, 9.17) is 0 Å². The van der Waals surface area contributed by atoms with Crippen LogP contribution in [0.3, 0.4) is 0 Å². The Morgan fingerprint density at radius 1 is 1.40 bits per heavy atom. The molecule has 1 saturated carbocycles. The third-order valence-corrected chi connectivity index (χ3v) is 2.18. The lowest BCUT2D eigenvalue weighted by atomic mass is 9.90. The molecule has 10 heavy (non-hydrogen) atoms. The molecule has 1 radical (unpaired) electrons. The van der Waals surface area contributed by atoms with Gasteiger partial charge in [0.1, 0.15) is 0 Å². The summed E-state index contributed by atoms with van der Waals surface area (Å²) in [6.45, 7) is 0. The maximum absolute atomic E-state index is 4.15. The molecule has 2 nitrogen and oxygen atoms in total. The molecule has 0 aromatic rings. The Hall–Kier alpha value is -0.790. The minimum Gasteiger partial charge on any atom is -0.181 e. The van der Waals surface area contributed by atoms with Gasteiger partial charge < -0.3 is 0 Å². The van der Waals surface area contributed by atoms with Crippen LogP contribution in [0.25, 0.3) is 0 Å². The Morgan fingerprint density at radius 3 is 3.30 bits per heavy atom. The summed E-state index contributed by atoms with van der Waals surface area (Å²) in [5.74, 6) is 0. The molecule has 0 bridgehead atoms. The van der Waals surface area contributed by atoms with Crippen LogP contribution in [-0.2, 0) is 0 Å². The van der Waals surface area contributed by atoms with E-state index >= 15 is 0 Å². The van der Waals surface area contributed by atoms with Gasteiger partial charge in [-0.1, -0.05) is 6.42 Å². The minimum atomic E-state index is 0.443. The summed E-state index contributed by atoms with van der Waals surface area (Å²) < 4.78 is 0. The van der Waals surface area contributed by atoms with E-state index < -0.39 is 0 Å². The Labute approximate surface area is 61.0 Å². The first-order chi connectivity index (χ1) is 4.97. The van der Waals surface area contributed by atoms with Gasteiger partial charge in [0.15, 0.2) is 0 Å². The van der Waals surface area contributed by atoms with E-state index in [-0.39, 0.29) is 0 Å². The van der Waals surface area contributed by atoms with Gasteiger partial charge in [0.2, 0.25) is 0 Å². The predicted molar refractivity (Wildman–Crippen MR) is 41.0 cm³/mol. The van der Waals surface area contributed by atoms with Crippen LogP contribution in [0.5, 0.6) is 0 Å². The van der Waals surface area contributed by atoms with Crippen LogP contribution >= 0.6 is 0 Å². The van der Waals surface area contributed by atoms with Crippen LogP contribution in [-0.4, -0.2) is 12.3 Å². The van der Waals surface area contributed by atoms with Crippen molar-refractivity contribution in [2.75, 3.05) is 0 Å². The highest BCUT2D eigenvalue weighted by atomic mass is 15.3. The maximum Gasteiger partial charge on any atom is 0.0925 e. The monoisotopic (exact) mass is 135 g/mol.